The molecule has 0 spiro atoms. The largest absolute Gasteiger partial charge is 0.493 e. The maximum atomic E-state index is 10.8. The Hall–Kier alpha value is -1.07. The van der Waals surface area contributed by atoms with Crippen LogP contribution in [-0.2, 0) is 6.54 Å². The number of hydrogen-bond donors (Lipinski definition) is 1. The number of aliphatic hydroxyl groups is 1. The van der Waals surface area contributed by atoms with Crippen LogP contribution in [0.3, 0.4) is 0 Å². The molecule has 0 fully saturated rings. The van der Waals surface area contributed by atoms with E-state index in [-0.39, 0.29) is 5.54 Å². The molecule has 1 N–H and O–H groups in total. The second-order valence-electron chi connectivity index (χ2n) is 5.33. The average molecular weight is 269 g/mol. The third kappa shape index (κ3) is 2.92. The van der Waals surface area contributed by atoms with E-state index in [9.17, 15) is 5.11 Å². The number of nitrogens with zero attached hydrogens (tertiary/aromatic N) is 3. The van der Waals surface area contributed by atoms with Crippen molar-refractivity contribution in [3.63, 3.8) is 0 Å². The lowest BCUT2D eigenvalue weighted by molar-refractivity contribution is -0.00580. The van der Waals surface area contributed by atoms with Gasteiger partial charge < -0.3 is 14.7 Å². The molecule has 0 aliphatic heterocycles. The van der Waals surface area contributed by atoms with Crippen molar-refractivity contribution in [1.29, 1.82) is 0 Å². The number of ether oxygens (including phenoxy) is 1. The monoisotopic (exact) mass is 269 g/mol. The standard InChI is InChI=1S/C14H27N3O2/c1-7-9-17-12(11(19-6)10-15-17)13(18)14(3,8-2)16(4)5/h10,13,18H,7-9H2,1-6H3. The Balaban J connectivity index is 3.22. The normalized spacial score (nSPS) is 16.4. The van der Waals surface area contributed by atoms with Gasteiger partial charge in [-0.25, -0.2) is 0 Å². The highest BCUT2D eigenvalue weighted by atomic mass is 16.5. The van der Waals surface area contributed by atoms with Gasteiger partial charge in [-0.1, -0.05) is 13.8 Å². The van der Waals surface area contributed by atoms with E-state index in [0.717, 1.165) is 25.1 Å². The molecule has 1 aromatic heterocycles. The summed E-state index contributed by atoms with van der Waals surface area (Å²) in [6.07, 6.45) is 2.84. The van der Waals surface area contributed by atoms with Gasteiger partial charge in [-0.05, 0) is 33.9 Å². The van der Waals surface area contributed by atoms with E-state index in [1.165, 1.54) is 0 Å². The summed E-state index contributed by atoms with van der Waals surface area (Å²) in [5.74, 6) is 0.655. The molecule has 110 valence electrons. The van der Waals surface area contributed by atoms with Gasteiger partial charge in [-0.2, -0.15) is 5.10 Å². The number of aliphatic hydroxyl groups excluding tert-OH is 1. The summed E-state index contributed by atoms with van der Waals surface area (Å²) in [4.78, 5) is 2.06. The van der Waals surface area contributed by atoms with Crippen molar-refractivity contribution in [2.45, 2.75) is 51.8 Å². The number of aromatic nitrogens is 2. The molecule has 0 aliphatic rings. The van der Waals surface area contributed by atoms with Crippen LogP contribution in [0, 0.1) is 0 Å². The Morgan fingerprint density at radius 3 is 2.53 bits per heavy atom. The molecule has 19 heavy (non-hydrogen) atoms. The first kappa shape index (κ1) is 16.0. The van der Waals surface area contributed by atoms with Gasteiger partial charge in [-0.15, -0.1) is 0 Å². The van der Waals surface area contributed by atoms with Crippen LogP contribution in [0.25, 0.3) is 0 Å². The first-order valence-electron chi connectivity index (χ1n) is 6.87. The molecule has 5 heteroatoms. The molecule has 0 aromatic carbocycles. The maximum absolute atomic E-state index is 10.8. The van der Waals surface area contributed by atoms with Crippen LogP contribution in [0.1, 0.15) is 45.4 Å². The Bertz CT molecular complexity index is 403. The van der Waals surface area contributed by atoms with Crippen LogP contribution in [0.15, 0.2) is 6.20 Å². The molecule has 5 nitrogen and oxygen atoms in total. The fraction of sp³-hybridized carbons (Fsp3) is 0.786. The van der Waals surface area contributed by atoms with Crippen molar-refractivity contribution in [3.05, 3.63) is 11.9 Å². The minimum atomic E-state index is -0.642. The quantitative estimate of drug-likeness (QED) is 0.823. The molecule has 2 unspecified atom stereocenters. The fourth-order valence-corrected chi connectivity index (χ4v) is 2.25. The van der Waals surface area contributed by atoms with Crippen molar-refractivity contribution >= 4 is 0 Å². The van der Waals surface area contributed by atoms with Gasteiger partial charge >= 0.3 is 0 Å². The van der Waals surface area contributed by atoms with Gasteiger partial charge in [0.1, 0.15) is 11.8 Å². The number of aryl methyl sites for hydroxylation is 1. The molecule has 2 atom stereocenters. The van der Waals surface area contributed by atoms with Gasteiger partial charge in [0.15, 0.2) is 5.75 Å². The van der Waals surface area contributed by atoms with E-state index in [1.807, 2.05) is 18.8 Å². The van der Waals surface area contributed by atoms with E-state index in [2.05, 4.69) is 30.8 Å². The average Bonchev–Trinajstić information content (AvgIpc) is 2.79. The molecule has 1 heterocycles. The van der Waals surface area contributed by atoms with E-state index in [1.54, 1.807) is 13.3 Å². The zero-order valence-electron chi connectivity index (χ0n) is 13.0. The van der Waals surface area contributed by atoms with Crippen molar-refractivity contribution in [3.8, 4) is 5.75 Å². The summed E-state index contributed by atoms with van der Waals surface area (Å²) in [6.45, 7) is 7.01. The van der Waals surface area contributed by atoms with Crippen molar-refractivity contribution < 1.29 is 9.84 Å². The minimum absolute atomic E-state index is 0.348. The zero-order chi connectivity index (χ0) is 14.6. The summed E-state index contributed by atoms with van der Waals surface area (Å²) >= 11 is 0. The molecule has 0 aliphatic carbocycles. The van der Waals surface area contributed by atoms with Gasteiger partial charge in [0, 0.05) is 12.1 Å². The summed E-state index contributed by atoms with van der Waals surface area (Å²) in [6, 6.07) is 0. The SMILES string of the molecule is CCCn1ncc(OC)c1C(O)C(C)(CC)N(C)C. The summed E-state index contributed by atoms with van der Waals surface area (Å²) < 4.78 is 7.20. The lowest BCUT2D eigenvalue weighted by Gasteiger charge is -2.40. The summed E-state index contributed by atoms with van der Waals surface area (Å²) in [7, 11) is 5.59. The predicted molar refractivity (Wildman–Crippen MR) is 76.4 cm³/mol. The Kier molecular flexibility index (Phi) is 5.38. The highest BCUT2D eigenvalue weighted by Crippen LogP contribution is 2.37. The van der Waals surface area contributed by atoms with E-state index in [4.69, 9.17) is 4.74 Å². The Morgan fingerprint density at radius 2 is 2.11 bits per heavy atom. The molecule has 0 radical (unpaired) electrons. The zero-order valence-corrected chi connectivity index (χ0v) is 13.0. The summed E-state index contributed by atoms with van der Waals surface area (Å²) in [5, 5.41) is 15.2. The highest BCUT2D eigenvalue weighted by molar-refractivity contribution is 5.29. The van der Waals surface area contributed by atoms with E-state index < -0.39 is 6.10 Å². The molecule has 1 rings (SSSR count). The van der Waals surface area contributed by atoms with Gasteiger partial charge in [0.05, 0.1) is 13.3 Å². The van der Waals surface area contributed by atoms with Crippen LogP contribution in [0.4, 0.5) is 0 Å². The Labute approximate surface area is 116 Å². The smallest absolute Gasteiger partial charge is 0.162 e. The van der Waals surface area contributed by atoms with Crippen LogP contribution < -0.4 is 4.74 Å². The number of rotatable bonds is 7. The second kappa shape index (κ2) is 6.39. The molecular weight excluding hydrogens is 242 g/mol. The third-order valence-electron chi connectivity index (χ3n) is 4.09. The first-order valence-corrected chi connectivity index (χ1v) is 6.87. The van der Waals surface area contributed by atoms with Crippen LogP contribution in [0.2, 0.25) is 0 Å². The molecule has 0 saturated carbocycles. The summed E-state index contributed by atoms with van der Waals surface area (Å²) in [5.41, 5.74) is 0.418. The van der Waals surface area contributed by atoms with Gasteiger partial charge in [-0.3, -0.25) is 4.68 Å². The molecular formula is C14H27N3O2. The third-order valence-corrected chi connectivity index (χ3v) is 4.09. The first-order chi connectivity index (χ1) is 8.92. The minimum Gasteiger partial charge on any atom is -0.493 e. The molecule has 0 saturated heterocycles. The number of methoxy groups -OCH3 is 1. The van der Waals surface area contributed by atoms with Crippen LogP contribution in [-0.4, -0.2) is 46.5 Å². The van der Waals surface area contributed by atoms with Crippen molar-refractivity contribution in [2.24, 2.45) is 0 Å². The number of hydrogen-bond acceptors (Lipinski definition) is 4. The fourth-order valence-electron chi connectivity index (χ4n) is 2.25. The maximum Gasteiger partial charge on any atom is 0.162 e. The van der Waals surface area contributed by atoms with Crippen molar-refractivity contribution in [2.75, 3.05) is 21.2 Å². The molecule has 1 aromatic rings. The van der Waals surface area contributed by atoms with Gasteiger partial charge in [0.25, 0.3) is 0 Å². The molecule has 0 amide bonds. The topological polar surface area (TPSA) is 50.5 Å². The van der Waals surface area contributed by atoms with Crippen molar-refractivity contribution in [1.82, 2.24) is 14.7 Å². The van der Waals surface area contributed by atoms with E-state index >= 15 is 0 Å². The predicted octanol–water partition coefficient (Wildman–Crippen LogP) is 2.07. The van der Waals surface area contributed by atoms with Gasteiger partial charge in [0.2, 0.25) is 0 Å². The lowest BCUT2D eigenvalue weighted by Crippen LogP contribution is -2.46. The number of likely N-dealkylation sites (N-methyl/N-ethyl adjacent to an activating group) is 1. The second-order valence-corrected chi connectivity index (χ2v) is 5.33. The van der Waals surface area contributed by atoms with Crippen LogP contribution >= 0.6 is 0 Å². The Morgan fingerprint density at radius 1 is 1.47 bits per heavy atom. The van der Waals surface area contributed by atoms with Crippen LogP contribution in [0.5, 0.6) is 5.75 Å². The van der Waals surface area contributed by atoms with E-state index in [0.29, 0.717) is 5.75 Å². The highest BCUT2D eigenvalue weighted by Gasteiger charge is 2.38. The molecule has 0 bridgehead atoms. The lowest BCUT2D eigenvalue weighted by atomic mass is 9.88.